The number of alkyl halides is 3. The highest BCUT2D eigenvalue weighted by atomic mass is 35.5. The highest BCUT2D eigenvalue weighted by Crippen LogP contribution is 2.45. The van der Waals surface area contributed by atoms with E-state index in [1.165, 1.54) is 14.2 Å². The van der Waals surface area contributed by atoms with Gasteiger partial charge >= 0.3 is 6.18 Å². The molecule has 8 heteroatoms. The van der Waals surface area contributed by atoms with Crippen LogP contribution in [0, 0.1) is 0 Å². The van der Waals surface area contributed by atoms with E-state index < -0.39 is 11.7 Å². The van der Waals surface area contributed by atoms with Gasteiger partial charge in [0, 0.05) is 10.4 Å². The molecule has 0 radical (unpaired) electrons. The number of benzene rings is 2. The van der Waals surface area contributed by atoms with Gasteiger partial charge in [0.05, 0.1) is 36.6 Å². The summed E-state index contributed by atoms with van der Waals surface area (Å²) in [4.78, 5) is 2.99. The molecule has 156 valence electrons. The Bertz CT molecular complexity index is 993. The lowest BCUT2D eigenvalue weighted by Gasteiger charge is -2.14. The van der Waals surface area contributed by atoms with Crippen LogP contribution in [0.3, 0.4) is 0 Å². The molecule has 3 rings (SSSR count). The monoisotopic (exact) mass is 426 g/mol. The van der Waals surface area contributed by atoms with Gasteiger partial charge in [-0.25, -0.2) is 0 Å². The van der Waals surface area contributed by atoms with Crippen molar-refractivity contribution in [1.29, 1.82) is 0 Å². The number of hydrogen-bond donors (Lipinski definition) is 2. The van der Waals surface area contributed by atoms with E-state index in [2.05, 4.69) is 4.98 Å². The molecule has 3 aromatic rings. The molecule has 4 nitrogen and oxygen atoms in total. The number of nitrogens with two attached hydrogens (primary N) is 1. The van der Waals surface area contributed by atoms with Gasteiger partial charge in [0.2, 0.25) is 0 Å². The van der Waals surface area contributed by atoms with Gasteiger partial charge in [-0.3, -0.25) is 0 Å². The van der Waals surface area contributed by atoms with Gasteiger partial charge in [0.25, 0.3) is 0 Å². The SMILES string of the molecule is COc1cccc(OC)c1-c1[nH]c2c(C(F)(F)F)cc(Cl)cc2c1CCCCN. The Morgan fingerprint density at radius 2 is 1.72 bits per heavy atom. The van der Waals surface area contributed by atoms with Crippen molar-refractivity contribution in [2.45, 2.75) is 25.4 Å². The second-order valence-electron chi connectivity index (χ2n) is 6.64. The first kappa shape index (κ1) is 21.3. The van der Waals surface area contributed by atoms with Crippen LogP contribution in [0.1, 0.15) is 24.0 Å². The molecule has 0 fully saturated rings. The van der Waals surface area contributed by atoms with Crippen LogP contribution in [0.4, 0.5) is 13.2 Å². The Kier molecular flexibility index (Phi) is 6.29. The van der Waals surface area contributed by atoms with Crippen LogP contribution in [0.2, 0.25) is 5.02 Å². The van der Waals surface area contributed by atoms with Crippen LogP contribution in [0.15, 0.2) is 30.3 Å². The van der Waals surface area contributed by atoms with Gasteiger partial charge < -0.3 is 20.2 Å². The Hall–Kier alpha value is -2.38. The zero-order chi connectivity index (χ0) is 21.2. The minimum Gasteiger partial charge on any atom is -0.496 e. The number of H-pyrrole nitrogens is 1. The van der Waals surface area contributed by atoms with Crippen LogP contribution >= 0.6 is 11.6 Å². The van der Waals surface area contributed by atoms with Gasteiger partial charge in [-0.1, -0.05) is 17.7 Å². The predicted octanol–water partition coefficient (Wildman–Crippen LogP) is 5.81. The van der Waals surface area contributed by atoms with E-state index >= 15 is 0 Å². The van der Waals surface area contributed by atoms with Crippen molar-refractivity contribution in [3.05, 3.63) is 46.5 Å². The van der Waals surface area contributed by atoms with Crippen LogP contribution in [0.25, 0.3) is 22.2 Å². The zero-order valence-electron chi connectivity index (χ0n) is 16.1. The molecule has 0 aliphatic carbocycles. The molecule has 2 aromatic carbocycles. The van der Waals surface area contributed by atoms with E-state index in [0.29, 0.717) is 41.1 Å². The van der Waals surface area contributed by atoms with Gasteiger partial charge in [0.1, 0.15) is 11.5 Å². The predicted molar refractivity (Wildman–Crippen MR) is 109 cm³/mol. The third-order valence-electron chi connectivity index (χ3n) is 4.84. The number of nitrogens with one attached hydrogen (secondary N) is 1. The highest BCUT2D eigenvalue weighted by Gasteiger charge is 2.35. The number of halogens is 4. The fourth-order valence-corrected chi connectivity index (χ4v) is 3.77. The average Bonchev–Trinajstić information content (AvgIpc) is 3.03. The summed E-state index contributed by atoms with van der Waals surface area (Å²) in [5, 5.41) is 0.465. The molecule has 0 atom stereocenters. The number of rotatable bonds is 7. The molecule has 0 saturated carbocycles. The van der Waals surface area contributed by atoms with E-state index in [0.717, 1.165) is 24.5 Å². The summed E-state index contributed by atoms with van der Waals surface area (Å²) in [6.45, 7) is 0.504. The van der Waals surface area contributed by atoms with E-state index in [1.807, 2.05) is 0 Å². The zero-order valence-corrected chi connectivity index (χ0v) is 16.9. The Morgan fingerprint density at radius 3 is 2.28 bits per heavy atom. The van der Waals surface area contributed by atoms with Crippen molar-refractivity contribution in [2.75, 3.05) is 20.8 Å². The first-order valence-electron chi connectivity index (χ1n) is 9.14. The first-order chi connectivity index (χ1) is 13.8. The number of fused-ring (bicyclic) bond motifs is 1. The number of aromatic amines is 1. The van der Waals surface area contributed by atoms with Crippen molar-refractivity contribution in [1.82, 2.24) is 4.98 Å². The fourth-order valence-electron chi connectivity index (χ4n) is 3.55. The van der Waals surface area contributed by atoms with Crippen molar-refractivity contribution < 1.29 is 22.6 Å². The van der Waals surface area contributed by atoms with Crippen molar-refractivity contribution in [3.63, 3.8) is 0 Å². The number of aryl methyl sites for hydroxylation is 1. The van der Waals surface area contributed by atoms with Crippen molar-refractivity contribution >= 4 is 22.5 Å². The number of ether oxygens (including phenoxy) is 2. The smallest absolute Gasteiger partial charge is 0.418 e. The molecule has 0 spiro atoms. The minimum atomic E-state index is -4.55. The highest BCUT2D eigenvalue weighted by molar-refractivity contribution is 6.31. The summed E-state index contributed by atoms with van der Waals surface area (Å²) in [7, 11) is 3.01. The molecule has 1 aromatic heterocycles. The van der Waals surface area contributed by atoms with Crippen molar-refractivity contribution in [3.8, 4) is 22.8 Å². The second kappa shape index (κ2) is 8.55. The molecule has 0 saturated heterocycles. The summed E-state index contributed by atoms with van der Waals surface area (Å²) >= 11 is 6.05. The van der Waals surface area contributed by atoms with Gasteiger partial charge in [-0.2, -0.15) is 13.2 Å². The standard InChI is InChI=1S/C21H22ClF3N2O2/c1-28-16-7-5-8-17(29-2)18(16)20-13(6-3-4-9-26)14-10-12(22)11-15(19(14)27-20)21(23,24)25/h5,7-8,10-11,27H,3-4,6,9,26H2,1-2H3. The lowest BCUT2D eigenvalue weighted by Crippen LogP contribution is -2.05. The molecule has 0 bridgehead atoms. The fraction of sp³-hybridized carbons (Fsp3) is 0.333. The Labute approximate surface area is 171 Å². The minimum absolute atomic E-state index is 0.00684. The van der Waals surface area contributed by atoms with Crippen LogP contribution in [-0.4, -0.2) is 25.7 Å². The number of unbranched alkanes of at least 4 members (excludes halogenated alkanes) is 1. The number of aromatic nitrogens is 1. The quantitative estimate of drug-likeness (QED) is 0.469. The summed E-state index contributed by atoms with van der Waals surface area (Å²) in [5.74, 6) is 0.992. The van der Waals surface area contributed by atoms with Crippen molar-refractivity contribution in [2.24, 2.45) is 5.73 Å². The van der Waals surface area contributed by atoms with Gasteiger partial charge in [-0.05, 0) is 55.6 Å². The topological polar surface area (TPSA) is 60.3 Å². The summed E-state index contributed by atoms with van der Waals surface area (Å²) < 4.78 is 52.0. The number of hydrogen-bond acceptors (Lipinski definition) is 3. The van der Waals surface area contributed by atoms with Crippen LogP contribution < -0.4 is 15.2 Å². The number of methoxy groups -OCH3 is 2. The van der Waals surface area contributed by atoms with E-state index in [-0.39, 0.29) is 10.5 Å². The first-order valence-corrected chi connectivity index (χ1v) is 9.52. The van der Waals surface area contributed by atoms with E-state index in [1.54, 1.807) is 24.3 Å². The maximum absolute atomic E-state index is 13.7. The maximum Gasteiger partial charge on any atom is 0.418 e. The average molecular weight is 427 g/mol. The third kappa shape index (κ3) is 4.16. The van der Waals surface area contributed by atoms with E-state index in [9.17, 15) is 13.2 Å². The molecule has 0 aliphatic rings. The Balaban J connectivity index is 2.36. The van der Waals surface area contributed by atoms with E-state index in [4.69, 9.17) is 26.8 Å². The van der Waals surface area contributed by atoms with Crippen LogP contribution in [0.5, 0.6) is 11.5 Å². The van der Waals surface area contributed by atoms with Gasteiger partial charge in [-0.15, -0.1) is 0 Å². The lowest BCUT2D eigenvalue weighted by atomic mass is 9.98. The van der Waals surface area contributed by atoms with Crippen LogP contribution in [-0.2, 0) is 12.6 Å². The van der Waals surface area contributed by atoms with Gasteiger partial charge in [0.15, 0.2) is 0 Å². The largest absolute Gasteiger partial charge is 0.496 e. The lowest BCUT2D eigenvalue weighted by molar-refractivity contribution is -0.136. The summed E-state index contributed by atoms with van der Waals surface area (Å²) in [5.41, 5.74) is 6.62. The third-order valence-corrected chi connectivity index (χ3v) is 5.06. The second-order valence-corrected chi connectivity index (χ2v) is 7.07. The molecule has 0 unspecified atom stereocenters. The Morgan fingerprint density at radius 1 is 1.07 bits per heavy atom. The molecular weight excluding hydrogens is 405 g/mol. The molecule has 3 N–H and O–H groups in total. The molecule has 29 heavy (non-hydrogen) atoms. The molecule has 0 aliphatic heterocycles. The molecule has 0 amide bonds. The summed E-state index contributed by atoms with van der Waals surface area (Å²) in [6.07, 6.45) is -2.54. The molecular formula is C21H22ClF3N2O2. The molecule has 1 heterocycles. The normalized spacial score (nSPS) is 11.8. The summed E-state index contributed by atoms with van der Waals surface area (Å²) in [6, 6.07) is 7.74. The maximum atomic E-state index is 13.7.